The van der Waals surface area contributed by atoms with Crippen molar-refractivity contribution in [3.8, 4) is 0 Å². The Morgan fingerprint density at radius 2 is 1.49 bits per heavy atom. The molecule has 0 aromatic heterocycles. The van der Waals surface area contributed by atoms with E-state index in [1.54, 1.807) is 11.4 Å². The largest absolute Gasteiger partial charge is 0.468 e. The van der Waals surface area contributed by atoms with Crippen molar-refractivity contribution >= 4 is 36.2 Å². The number of aryl methyl sites for hydroxylation is 3. The Kier molecular flexibility index (Phi) is 8.56. The molecule has 0 amide bonds. The van der Waals surface area contributed by atoms with Gasteiger partial charge in [-0.1, -0.05) is 82.7 Å². The van der Waals surface area contributed by atoms with Gasteiger partial charge in [-0.2, -0.15) is 0 Å². The SMILES string of the molecule is CCN(CC)[C@]12ON=C(c3c(C)cc(C)cc3C)[C@@]1(N(CC)CC)P1SC(C(C)(C)C)=C(C(=O)OC)[C@@]12C(=O)OC. The van der Waals surface area contributed by atoms with Crippen LogP contribution >= 0.6 is 18.5 Å². The van der Waals surface area contributed by atoms with Crippen LogP contribution in [-0.2, 0) is 23.9 Å². The number of nitrogens with zero attached hydrogens (tertiary/aromatic N) is 3. The molecule has 10 heteroatoms. The Morgan fingerprint density at radius 1 is 0.951 bits per heavy atom. The molecule has 0 bridgehead atoms. The van der Waals surface area contributed by atoms with Crippen LogP contribution in [0.4, 0.5) is 0 Å². The van der Waals surface area contributed by atoms with Gasteiger partial charge >= 0.3 is 11.9 Å². The fourth-order valence-electron chi connectivity index (χ4n) is 7.43. The lowest BCUT2D eigenvalue weighted by Crippen LogP contribution is -2.89. The number of benzene rings is 1. The molecular weight excluding hydrogens is 557 g/mol. The van der Waals surface area contributed by atoms with Crippen molar-refractivity contribution in [3.63, 3.8) is 0 Å². The average Bonchev–Trinajstić information content (AvgIpc) is 3.40. The fourth-order valence-corrected chi connectivity index (χ4v) is 16.0. The van der Waals surface area contributed by atoms with Gasteiger partial charge < -0.3 is 14.3 Å². The van der Waals surface area contributed by atoms with Gasteiger partial charge in [0.15, 0.2) is 10.4 Å². The minimum atomic E-state index is -1.42. The molecule has 4 atom stereocenters. The summed E-state index contributed by atoms with van der Waals surface area (Å²) < 4.78 is 11.1. The number of carbonyl (C=O) groups is 2. The molecular formula is C31H46N3O5PS. The molecule has 0 saturated carbocycles. The van der Waals surface area contributed by atoms with E-state index in [0.29, 0.717) is 31.8 Å². The molecule has 0 aliphatic carbocycles. The first kappa shape index (κ1) is 32.0. The van der Waals surface area contributed by atoms with Crippen LogP contribution in [-0.4, -0.2) is 84.0 Å². The number of carbonyl (C=O) groups excluding carboxylic acids is 2. The van der Waals surface area contributed by atoms with E-state index in [9.17, 15) is 9.59 Å². The number of rotatable bonds is 9. The van der Waals surface area contributed by atoms with Gasteiger partial charge in [0.05, 0.1) is 19.8 Å². The number of hydrogen-bond acceptors (Lipinski definition) is 9. The third-order valence-corrected chi connectivity index (χ3v) is 15.4. The van der Waals surface area contributed by atoms with Crippen molar-refractivity contribution in [1.82, 2.24) is 9.80 Å². The van der Waals surface area contributed by atoms with Gasteiger partial charge in [0.2, 0.25) is 5.72 Å². The molecule has 1 aromatic carbocycles. The molecule has 0 radical (unpaired) electrons. The van der Waals surface area contributed by atoms with Gasteiger partial charge in [-0.3, -0.25) is 14.6 Å². The standard InChI is InChI=1S/C31H46N3O5PS/c1-13-33(14-2)30-24(22-20(6)17-19(5)18-21(22)7)32-39-31(30,34(15-3)16-4)29(27(36)38-12)23(26(35)37-11)25(28(8,9)10)41-40(29)30/h17-18H,13-16H2,1-12H3/t29-,30+,31+,40?/m0/s1. The number of likely N-dealkylation sites (N-methyl/N-ethyl adjacent to an activating group) is 2. The molecule has 3 aliphatic rings. The summed E-state index contributed by atoms with van der Waals surface area (Å²) in [5.41, 5.74) is 3.89. The van der Waals surface area contributed by atoms with Crippen LogP contribution in [0.1, 0.15) is 70.7 Å². The summed E-state index contributed by atoms with van der Waals surface area (Å²) in [6.45, 7) is 23.6. The second-order valence-corrected chi connectivity index (χ2v) is 16.1. The van der Waals surface area contributed by atoms with E-state index in [0.717, 1.165) is 27.3 Å². The average molecular weight is 604 g/mol. The van der Waals surface area contributed by atoms with Crippen molar-refractivity contribution in [2.75, 3.05) is 40.4 Å². The van der Waals surface area contributed by atoms with E-state index in [-0.39, 0.29) is 0 Å². The number of hydrogen-bond donors (Lipinski definition) is 0. The lowest BCUT2D eigenvalue weighted by Gasteiger charge is -2.71. The van der Waals surface area contributed by atoms with Crippen molar-refractivity contribution in [1.29, 1.82) is 0 Å². The molecule has 4 rings (SSSR count). The molecule has 0 spiro atoms. The highest BCUT2D eigenvalue weighted by Crippen LogP contribution is 2.94. The number of ether oxygens (including phenoxy) is 2. The highest BCUT2D eigenvalue weighted by atomic mass is 32.7. The van der Waals surface area contributed by atoms with Gasteiger partial charge in [-0.05, 0) is 63.5 Å². The van der Waals surface area contributed by atoms with Crippen molar-refractivity contribution in [3.05, 3.63) is 44.9 Å². The van der Waals surface area contributed by atoms with Gasteiger partial charge in [-0.25, -0.2) is 4.79 Å². The lowest BCUT2D eigenvalue weighted by atomic mass is 9.72. The van der Waals surface area contributed by atoms with Crippen molar-refractivity contribution in [2.45, 2.75) is 85.4 Å². The summed E-state index contributed by atoms with van der Waals surface area (Å²) in [7, 11) is 1.35. The van der Waals surface area contributed by atoms with E-state index < -0.39 is 40.6 Å². The van der Waals surface area contributed by atoms with E-state index in [4.69, 9.17) is 19.5 Å². The summed E-state index contributed by atoms with van der Waals surface area (Å²) in [6, 6.07) is 4.36. The topological polar surface area (TPSA) is 80.7 Å². The van der Waals surface area contributed by atoms with Crippen LogP contribution < -0.4 is 0 Å². The molecule has 1 aromatic rings. The Morgan fingerprint density at radius 3 is 1.93 bits per heavy atom. The summed E-state index contributed by atoms with van der Waals surface area (Å²) in [6.07, 6.45) is 0. The molecule has 226 valence electrons. The third kappa shape index (κ3) is 3.81. The third-order valence-electron chi connectivity index (χ3n) is 8.83. The van der Waals surface area contributed by atoms with Crippen LogP contribution in [0.5, 0.6) is 0 Å². The second-order valence-electron chi connectivity index (χ2n) is 12.0. The van der Waals surface area contributed by atoms with Gasteiger partial charge in [0.25, 0.3) is 0 Å². The first-order valence-corrected chi connectivity index (χ1v) is 17.3. The van der Waals surface area contributed by atoms with Gasteiger partial charge in [0, 0.05) is 17.6 Å². The number of allylic oxidation sites excluding steroid dienone is 1. The Bertz CT molecular complexity index is 1290. The van der Waals surface area contributed by atoms with Gasteiger partial charge in [-0.15, -0.1) is 0 Å². The highest BCUT2D eigenvalue weighted by Gasteiger charge is 2.96. The monoisotopic (exact) mass is 603 g/mol. The maximum Gasteiger partial charge on any atom is 0.336 e. The van der Waals surface area contributed by atoms with E-state index in [1.165, 1.54) is 19.8 Å². The predicted molar refractivity (Wildman–Crippen MR) is 167 cm³/mol. The highest BCUT2D eigenvalue weighted by molar-refractivity contribution is 8.60. The van der Waals surface area contributed by atoms with Crippen LogP contribution in [0.25, 0.3) is 0 Å². The smallest absolute Gasteiger partial charge is 0.336 e. The Hall–Kier alpha value is -1.93. The second kappa shape index (κ2) is 11.0. The number of methoxy groups -OCH3 is 2. The molecule has 3 aliphatic heterocycles. The lowest BCUT2D eigenvalue weighted by molar-refractivity contribution is -0.217. The van der Waals surface area contributed by atoms with Crippen molar-refractivity contribution < 1.29 is 23.9 Å². The van der Waals surface area contributed by atoms with Crippen LogP contribution in [0.15, 0.2) is 27.8 Å². The normalized spacial score (nSPS) is 28.7. The Balaban J connectivity index is 2.23. The van der Waals surface area contributed by atoms with Crippen molar-refractivity contribution in [2.24, 2.45) is 10.6 Å². The van der Waals surface area contributed by atoms with E-state index in [1.807, 2.05) is 0 Å². The summed E-state index contributed by atoms with van der Waals surface area (Å²) in [5.74, 6) is -0.989. The first-order chi connectivity index (χ1) is 19.3. The first-order valence-electron chi connectivity index (χ1n) is 14.5. The molecule has 1 saturated heterocycles. The summed E-state index contributed by atoms with van der Waals surface area (Å²) in [5, 5.41) is 2.74. The quantitative estimate of drug-likeness (QED) is 0.253. The van der Waals surface area contributed by atoms with Crippen LogP contribution in [0.3, 0.4) is 0 Å². The molecule has 0 N–H and O–H groups in total. The molecule has 41 heavy (non-hydrogen) atoms. The molecule has 1 unspecified atom stereocenters. The zero-order valence-corrected chi connectivity index (χ0v) is 28.4. The van der Waals surface area contributed by atoms with Crippen LogP contribution in [0.2, 0.25) is 0 Å². The zero-order chi connectivity index (χ0) is 30.7. The number of esters is 2. The number of oxime groups is 1. The minimum Gasteiger partial charge on any atom is -0.468 e. The zero-order valence-electron chi connectivity index (χ0n) is 26.7. The molecule has 8 nitrogen and oxygen atoms in total. The maximum atomic E-state index is 14.5. The van der Waals surface area contributed by atoms with Gasteiger partial charge in [0.1, 0.15) is 5.71 Å². The predicted octanol–water partition coefficient (Wildman–Crippen LogP) is 5.96. The van der Waals surface area contributed by atoms with E-state index in [2.05, 4.69) is 91.2 Å². The number of fused-ring (bicyclic) bond motifs is 4. The molecule has 1 fully saturated rings. The minimum absolute atomic E-state index is 0.360. The maximum absolute atomic E-state index is 14.5. The molecule has 3 heterocycles. The van der Waals surface area contributed by atoms with E-state index >= 15 is 0 Å². The summed E-state index contributed by atoms with van der Waals surface area (Å²) >= 11 is 1.66. The Labute approximate surface area is 250 Å². The fraction of sp³-hybridized carbons (Fsp3) is 0.645. The van der Waals surface area contributed by atoms with Crippen LogP contribution in [0, 0.1) is 26.2 Å². The summed E-state index contributed by atoms with van der Waals surface area (Å²) in [4.78, 5) is 40.7.